The Balaban J connectivity index is 2.39. The van der Waals surface area contributed by atoms with Gasteiger partial charge in [-0.3, -0.25) is 4.79 Å². The van der Waals surface area contributed by atoms with E-state index in [9.17, 15) is 4.79 Å². The monoisotopic (exact) mass is 214 g/mol. The summed E-state index contributed by atoms with van der Waals surface area (Å²) >= 11 is 1.32. The van der Waals surface area contributed by atoms with Crippen molar-refractivity contribution in [3.63, 3.8) is 0 Å². The van der Waals surface area contributed by atoms with Gasteiger partial charge in [0.15, 0.2) is 0 Å². The average Bonchev–Trinajstić information content (AvgIpc) is 2.49. The van der Waals surface area contributed by atoms with Crippen molar-refractivity contribution in [2.45, 2.75) is 13.3 Å². The van der Waals surface area contributed by atoms with Crippen LogP contribution in [0.4, 0.5) is 10.8 Å². The molecule has 0 saturated carbocycles. The number of rotatable bonds is 4. The van der Waals surface area contributed by atoms with Crippen LogP contribution in [0.1, 0.15) is 12.0 Å². The molecule has 1 rings (SSSR count). The molecule has 78 valence electrons. The largest absolute Gasteiger partial charge is 0.383 e. The van der Waals surface area contributed by atoms with Gasteiger partial charge in [-0.2, -0.15) is 4.37 Å². The Morgan fingerprint density at radius 3 is 2.86 bits per heavy atom. The van der Waals surface area contributed by atoms with Crippen molar-refractivity contribution in [2.24, 2.45) is 0 Å². The van der Waals surface area contributed by atoms with Crippen molar-refractivity contribution in [3.8, 4) is 0 Å². The molecule has 0 fully saturated rings. The van der Waals surface area contributed by atoms with Crippen LogP contribution in [0, 0.1) is 6.92 Å². The summed E-state index contributed by atoms with van der Waals surface area (Å²) in [7, 11) is 1.62. The SMILES string of the molecule is CNC(=O)CCNc1snc(N)c1C. The fourth-order valence-electron chi connectivity index (χ4n) is 0.927. The first-order valence-corrected chi connectivity index (χ1v) is 5.08. The van der Waals surface area contributed by atoms with Crippen LogP contribution in [-0.2, 0) is 4.79 Å². The Morgan fingerprint density at radius 2 is 2.36 bits per heavy atom. The summed E-state index contributed by atoms with van der Waals surface area (Å²) in [5.41, 5.74) is 6.53. The number of nitrogen functional groups attached to an aromatic ring is 1. The highest BCUT2D eigenvalue weighted by Gasteiger charge is 2.06. The first-order valence-electron chi connectivity index (χ1n) is 4.31. The molecule has 0 radical (unpaired) electrons. The third-order valence-corrected chi connectivity index (χ3v) is 2.80. The van der Waals surface area contributed by atoms with Crippen molar-refractivity contribution in [1.29, 1.82) is 0 Å². The highest BCUT2D eigenvalue weighted by atomic mass is 32.1. The number of hydrogen-bond donors (Lipinski definition) is 3. The third kappa shape index (κ3) is 2.59. The van der Waals surface area contributed by atoms with E-state index in [0.717, 1.165) is 10.6 Å². The van der Waals surface area contributed by atoms with E-state index in [2.05, 4.69) is 15.0 Å². The standard InChI is InChI=1S/C8H14N4OS/c1-5-7(9)12-14-8(5)11-4-3-6(13)10-2/h11H,3-4H2,1-2H3,(H2,9,12)(H,10,13). The van der Waals surface area contributed by atoms with Crippen molar-refractivity contribution in [3.05, 3.63) is 5.56 Å². The summed E-state index contributed by atoms with van der Waals surface area (Å²) in [6.45, 7) is 2.50. The molecule has 0 aliphatic rings. The van der Waals surface area contributed by atoms with Gasteiger partial charge >= 0.3 is 0 Å². The molecule has 6 heteroatoms. The molecule has 0 aliphatic carbocycles. The summed E-state index contributed by atoms with van der Waals surface area (Å²) in [4.78, 5) is 10.9. The number of anilines is 2. The summed E-state index contributed by atoms with van der Waals surface area (Å²) < 4.78 is 3.99. The lowest BCUT2D eigenvalue weighted by molar-refractivity contribution is -0.120. The second-order valence-corrected chi connectivity index (χ2v) is 3.65. The third-order valence-electron chi connectivity index (χ3n) is 1.88. The molecule has 0 spiro atoms. The molecular weight excluding hydrogens is 200 g/mol. The van der Waals surface area contributed by atoms with Gasteiger partial charge < -0.3 is 16.4 Å². The number of aromatic nitrogens is 1. The molecule has 4 N–H and O–H groups in total. The van der Waals surface area contributed by atoms with Gasteiger partial charge in [0.2, 0.25) is 5.91 Å². The zero-order chi connectivity index (χ0) is 10.6. The van der Waals surface area contributed by atoms with Crippen LogP contribution in [0.25, 0.3) is 0 Å². The van der Waals surface area contributed by atoms with Crippen LogP contribution in [-0.4, -0.2) is 23.9 Å². The Kier molecular flexibility index (Phi) is 3.70. The maximum Gasteiger partial charge on any atom is 0.221 e. The highest BCUT2D eigenvalue weighted by Crippen LogP contribution is 2.24. The summed E-state index contributed by atoms with van der Waals surface area (Å²) in [5.74, 6) is 0.574. The Morgan fingerprint density at radius 1 is 1.64 bits per heavy atom. The maximum absolute atomic E-state index is 10.9. The normalized spacial score (nSPS) is 9.86. The minimum atomic E-state index is 0.0210. The minimum Gasteiger partial charge on any atom is -0.383 e. The van der Waals surface area contributed by atoms with E-state index >= 15 is 0 Å². The minimum absolute atomic E-state index is 0.0210. The molecule has 1 aromatic heterocycles. The highest BCUT2D eigenvalue weighted by molar-refractivity contribution is 7.10. The van der Waals surface area contributed by atoms with Crippen LogP contribution in [0.3, 0.4) is 0 Å². The van der Waals surface area contributed by atoms with Gasteiger partial charge in [0.25, 0.3) is 0 Å². The second-order valence-electron chi connectivity index (χ2n) is 2.87. The predicted molar refractivity (Wildman–Crippen MR) is 58.4 cm³/mol. The summed E-state index contributed by atoms with van der Waals surface area (Å²) in [6.07, 6.45) is 0.452. The number of carbonyl (C=O) groups is 1. The molecule has 1 aromatic rings. The Labute approximate surface area is 86.9 Å². The lowest BCUT2D eigenvalue weighted by atomic mass is 10.3. The number of hydrogen-bond acceptors (Lipinski definition) is 5. The van der Waals surface area contributed by atoms with Crippen LogP contribution >= 0.6 is 11.5 Å². The van der Waals surface area contributed by atoms with E-state index in [1.54, 1.807) is 7.05 Å². The van der Waals surface area contributed by atoms with Gasteiger partial charge in [-0.05, 0) is 18.5 Å². The van der Waals surface area contributed by atoms with Gasteiger partial charge in [0, 0.05) is 25.6 Å². The number of carbonyl (C=O) groups excluding carboxylic acids is 1. The average molecular weight is 214 g/mol. The van der Waals surface area contributed by atoms with Crippen LogP contribution < -0.4 is 16.4 Å². The Hall–Kier alpha value is -1.30. The molecule has 5 nitrogen and oxygen atoms in total. The lowest BCUT2D eigenvalue weighted by Gasteiger charge is -2.03. The molecule has 0 atom stereocenters. The molecular formula is C8H14N4OS. The fraction of sp³-hybridized carbons (Fsp3) is 0.500. The lowest BCUT2D eigenvalue weighted by Crippen LogP contribution is -2.20. The van der Waals surface area contributed by atoms with Crippen molar-refractivity contribution in [1.82, 2.24) is 9.69 Å². The molecule has 0 bridgehead atoms. The predicted octanol–water partition coefficient (Wildman–Crippen LogP) is 0.582. The topological polar surface area (TPSA) is 80.0 Å². The number of nitrogens with two attached hydrogens (primary N) is 1. The second kappa shape index (κ2) is 4.80. The molecule has 0 aromatic carbocycles. The zero-order valence-corrected chi connectivity index (χ0v) is 9.07. The fourth-order valence-corrected chi connectivity index (χ4v) is 1.66. The van der Waals surface area contributed by atoms with Gasteiger partial charge in [-0.25, -0.2) is 0 Å². The van der Waals surface area contributed by atoms with Crippen LogP contribution in [0.2, 0.25) is 0 Å². The number of nitrogens with zero attached hydrogens (tertiary/aromatic N) is 1. The molecule has 1 heterocycles. The zero-order valence-electron chi connectivity index (χ0n) is 8.26. The maximum atomic E-state index is 10.9. The van der Waals surface area contributed by atoms with Crippen LogP contribution in [0.5, 0.6) is 0 Å². The van der Waals surface area contributed by atoms with Gasteiger partial charge in [0.05, 0.1) is 0 Å². The van der Waals surface area contributed by atoms with Crippen molar-refractivity contribution in [2.75, 3.05) is 24.6 Å². The summed E-state index contributed by atoms with van der Waals surface area (Å²) in [6, 6.07) is 0. The molecule has 1 amide bonds. The van der Waals surface area contributed by atoms with E-state index in [-0.39, 0.29) is 5.91 Å². The van der Waals surface area contributed by atoms with Gasteiger partial charge in [-0.1, -0.05) is 0 Å². The first-order chi connectivity index (χ1) is 6.65. The van der Waals surface area contributed by atoms with E-state index in [1.807, 2.05) is 6.92 Å². The molecule has 0 aliphatic heterocycles. The first kappa shape index (κ1) is 10.8. The molecule has 0 saturated heterocycles. The van der Waals surface area contributed by atoms with Gasteiger partial charge in [-0.15, -0.1) is 0 Å². The Bertz CT molecular complexity index is 323. The quantitative estimate of drug-likeness (QED) is 0.685. The van der Waals surface area contributed by atoms with Gasteiger partial charge in [0.1, 0.15) is 10.8 Å². The number of nitrogens with one attached hydrogen (secondary N) is 2. The van der Waals surface area contributed by atoms with E-state index in [4.69, 9.17) is 5.73 Å². The molecule has 14 heavy (non-hydrogen) atoms. The summed E-state index contributed by atoms with van der Waals surface area (Å²) in [5, 5.41) is 6.61. The number of amides is 1. The van der Waals surface area contributed by atoms with E-state index in [1.165, 1.54) is 11.5 Å². The molecule has 0 unspecified atom stereocenters. The van der Waals surface area contributed by atoms with Crippen molar-refractivity contribution >= 4 is 28.3 Å². The smallest absolute Gasteiger partial charge is 0.221 e. The van der Waals surface area contributed by atoms with Crippen molar-refractivity contribution < 1.29 is 4.79 Å². The van der Waals surface area contributed by atoms with E-state index < -0.39 is 0 Å². The van der Waals surface area contributed by atoms with E-state index in [0.29, 0.717) is 18.8 Å². The van der Waals surface area contributed by atoms with Crippen LogP contribution in [0.15, 0.2) is 0 Å².